The molecule has 0 radical (unpaired) electrons. The summed E-state index contributed by atoms with van der Waals surface area (Å²) >= 11 is 0. The Balaban J connectivity index is 1.42. The Morgan fingerprint density at radius 3 is 1.33 bits per heavy atom. The highest BCUT2D eigenvalue weighted by Gasteiger charge is 2.50. The van der Waals surface area contributed by atoms with E-state index in [0.717, 1.165) is 43.2 Å². The molecule has 0 saturated carbocycles. The summed E-state index contributed by atoms with van der Waals surface area (Å²) in [5, 5.41) is 13.8. The van der Waals surface area contributed by atoms with E-state index in [1.165, 1.54) is 218 Å². The molecule has 0 aliphatic carbocycles. The van der Waals surface area contributed by atoms with Crippen molar-refractivity contribution in [3.05, 3.63) is 84.4 Å². The zero-order chi connectivity index (χ0) is 56.3. The number of benzene rings is 2. The monoisotopic (exact) mass is 1100 g/mol. The largest absolute Gasteiger partial charge is 0.457 e. The van der Waals surface area contributed by atoms with E-state index in [4.69, 9.17) is 23.7 Å². The summed E-state index contributed by atoms with van der Waals surface area (Å²) in [6.07, 6.45) is 50.0. The fraction of sp³-hybridized carbons (Fsp3) is 0.771. The molecule has 0 bridgehead atoms. The minimum atomic E-state index is -1.03. The van der Waals surface area contributed by atoms with Crippen molar-refractivity contribution >= 4 is 11.9 Å². The van der Waals surface area contributed by atoms with Crippen LogP contribution in [0.2, 0.25) is 0 Å². The number of ether oxygens (including phenoxy) is 5. The first-order valence-electron chi connectivity index (χ1n) is 33.3. The van der Waals surface area contributed by atoms with E-state index in [2.05, 4.69) is 25.7 Å². The second-order valence-electron chi connectivity index (χ2n) is 23.4. The number of unbranched alkanes of at least 4 members (excludes halogenated alkanes) is 37. The first-order valence-corrected chi connectivity index (χ1v) is 33.3. The summed E-state index contributed by atoms with van der Waals surface area (Å²) in [5.41, 5.74) is 1.98. The highest BCUT2D eigenvalue weighted by molar-refractivity contribution is 5.77. The van der Waals surface area contributed by atoms with Gasteiger partial charge in [-0.3, -0.25) is 9.59 Å². The Morgan fingerprint density at radius 2 is 0.924 bits per heavy atom. The molecule has 0 spiro atoms. The first kappa shape index (κ1) is 70.2. The summed E-state index contributed by atoms with van der Waals surface area (Å²) < 4.78 is 31.8. The fourth-order valence-electron chi connectivity index (χ4n) is 11.3. The van der Waals surface area contributed by atoms with Gasteiger partial charge in [-0.25, -0.2) is 0 Å². The van der Waals surface area contributed by atoms with Gasteiger partial charge in [0.25, 0.3) is 0 Å². The van der Waals surface area contributed by atoms with E-state index in [-0.39, 0.29) is 44.0 Å². The molecule has 3 rings (SSSR count). The fourth-order valence-corrected chi connectivity index (χ4v) is 11.3. The highest BCUT2D eigenvalue weighted by Crippen LogP contribution is 2.30. The van der Waals surface area contributed by atoms with Crippen LogP contribution in [0.15, 0.2) is 73.3 Å². The van der Waals surface area contributed by atoms with E-state index >= 15 is 0 Å². The van der Waals surface area contributed by atoms with Gasteiger partial charge in [0.05, 0.1) is 39.0 Å². The lowest BCUT2D eigenvalue weighted by molar-refractivity contribution is -0.280. The van der Waals surface area contributed by atoms with Crippen LogP contribution in [0.25, 0.3) is 0 Å². The van der Waals surface area contributed by atoms with Crippen molar-refractivity contribution in [2.24, 2.45) is 0 Å². The van der Waals surface area contributed by atoms with E-state index < -0.39 is 37.3 Å². The van der Waals surface area contributed by atoms with E-state index in [1.54, 1.807) is 6.08 Å². The number of aliphatic hydroxyl groups excluding tert-OH is 1. The van der Waals surface area contributed by atoms with Crippen LogP contribution < -0.4 is 5.32 Å². The summed E-state index contributed by atoms with van der Waals surface area (Å²) in [6.45, 7) is 8.73. The zero-order valence-corrected chi connectivity index (χ0v) is 50.9. The van der Waals surface area contributed by atoms with Crippen molar-refractivity contribution in [1.29, 1.82) is 0 Å². The minimum Gasteiger partial charge on any atom is -0.457 e. The predicted octanol–water partition coefficient (Wildman–Crippen LogP) is 18.9. The Labute approximate surface area is 484 Å². The van der Waals surface area contributed by atoms with Gasteiger partial charge in [-0.15, -0.1) is 6.58 Å². The van der Waals surface area contributed by atoms with Gasteiger partial charge in [0, 0.05) is 6.42 Å². The van der Waals surface area contributed by atoms with Gasteiger partial charge in [0.15, 0.2) is 12.4 Å². The molecule has 2 aromatic carbocycles. The molecule has 0 aromatic heterocycles. The molecule has 1 aliphatic rings. The first-order chi connectivity index (χ1) is 39.0. The summed E-state index contributed by atoms with van der Waals surface area (Å²) in [4.78, 5) is 28.1. The molecule has 79 heavy (non-hydrogen) atoms. The van der Waals surface area contributed by atoms with E-state index in [1.807, 2.05) is 60.7 Å². The second kappa shape index (κ2) is 50.6. The zero-order valence-electron chi connectivity index (χ0n) is 50.9. The number of carbonyl (C=O) groups excluding carboxylic acids is 2. The number of carbonyl (C=O) groups is 2. The van der Waals surface area contributed by atoms with Crippen LogP contribution in [0.1, 0.15) is 295 Å². The molecule has 1 saturated heterocycles. The molecule has 9 heteroatoms. The molecular weight excluding hydrogens is 983 g/mol. The SMILES string of the molecule is C=CCO[C@H]1O[C@H](CO)[C@@H](OCc2ccccc2)[C@H](OC(=O)CCCCCCCCCCCCC)[C@H]1NC(=O)C[C@@H](CCCCCCCCCCCCCCCCCCCCCCCCCCCCCC)OCc1ccccc1. The minimum absolute atomic E-state index is 0.120. The summed E-state index contributed by atoms with van der Waals surface area (Å²) in [5.74, 6) is -0.626. The average Bonchev–Trinajstić information content (AvgIpc) is 3.47. The lowest BCUT2D eigenvalue weighted by Gasteiger charge is -2.45. The number of aliphatic hydroxyl groups is 1. The number of amides is 1. The van der Waals surface area contributed by atoms with Gasteiger partial charge in [0.1, 0.15) is 18.2 Å². The smallest absolute Gasteiger partial charge is 0.306 e. The number of rotatable bonds is 55. The van der Waals surface area contributed by atoms with Crippen molar-refractivity contribution in [3.8, 4) is 0 Å². The molecule has 1 aliphatic heterocycles. The summed E-state index contributed by atoms with van der Waals surface area (Å²) in [6, 6.07) is 18.9. The highest BCUT2D eigenvalue weighted by atomic mass is 16.7. The third-order valence-corrected chi connectivity index (χ3v) is 16.2. The number of nitrogens with one attached hydrogen (secondary N) is 1. The Morgan fingerprint density at radius 1 is 0.532 bits per heavy atom. The van der Waals surface area contributed by atoms with E-state index in [0.29, 0.717) is 13.0 Å². The van der Waals surface area contributed by atoms with Crippen LogP contribution in [0, 0.1) is 0 Å². The maximum Gasteiger partial charge on any atom is 0.306 e. The molecule has 1 fully saturated rings. The molecule has 6 atom stereocenters. The lowest BCUT2D eigenvalue weighted by Crippen LogP contribution is -2.66. The maximum absolute atomic E-state index is 14.3. The van der Waals surface area contributed by atoms with Gasteiger partial charge < -0.3 is 34.1 Å². The van der Waals surface area contributed by atoms with Gasteiger partial charge >= 0.3 is 5.97 Å². The molecule has 0 unspecified atom stereocenters. The van der Waals surface area contributed by atoms with Gasteiger partial charge in [-0.05, 0) is 24.0 Å². The molecule has 9 nitrogen and oxygen atoms in total. The third kappa shape index (κ3) is 36.9. The quantitative estimate of drug-likeness (QED) is 0.0383. The third-order valence-electron chi connectivity index (χ3n) is 16.2. The van der Waals surface area contributed by atoms with Crippen LogP contribution in [0.5, 0.6) is 0 Å². The number of hydrogen-bond donors (Lipinski definition) is 2. The van der Waals surface area contributed by atoms with Gasteiger partial charge in [-0.2, -0.15) is 0 Å². The normalized spacial score (nSPS) is 17.7. The Hall–Kier alpha value is -3.08. The molecule has 2 N–H and O–H groups in total. The molecule has 1 amide bonds. The Bertz CT molecular complexity index is 1680. The van der Waals surface area contributed by atoms with Crippen molar-refractivity contribution in [3.63, 3.8) is 0 Å². The maximum atomic E-state index is 14.3. The predicted molar refractivity (Wildman–Crippen MR) is 329 cm³/mol. The lowest BCUT2D eigenvalue weighted by atomic mass is 9.95. The van der Waals surface area contributed by atoms with Crippen molar-refractivity contribution in [1.82, 2.24) is 5.32 Å². The van der Waals surface area contributed by atoms with Crippen molar-refractivity contribution in [2.75, 3.05) is 13.2 Å². The second-order valence-corrected chi connectivity index (χ2v) is 23.4. The molecule has 452 valence electrons. The number of hydrogen-bond acceptors (Lipinski definition) is 8. The van der Waals surface area contributed by atoms with Gasteiger partial charge in [-0.1, -0.05) is 325 Å². The van der Waals surface area contributed by atoms with Crippen LogP contribution in [0.4, 0.5) is 0 Å². The average molecular weight is 1100 g/mol. The van der Waals surface area contributed by atoms with Crippen LogP contribution in [0.3, 0.4) is 0 Å². The summed E-state index contributed by atoms with van der Waals surface area (Å²) in [7, 11) is 0. The van der Waals surface area contributed by atoms with Gasteiger partial charge in [0.2, 0.25) is 5.91 Å². The van der Waals surface area contributed by atoms with Crippen LogP contribution in [-0.2, 0) is 46.5 Å². The van der Waals surface area contributed by atoms with Crippen LogP contribution >= 0.6 is 0 Å². The van der Waals surface area contributed by atoms with Crippen molar-refractivity contribution in [2.45, 2.75) is 333 Å². The van der Waals surface area contributed by atoms with Crippen LogP contribution in [-0.4, -0.2) is 66.9 Å². The topological polar surface area (TPSA) is 113 Å². The standard InChI is InChI=1S/C70H119NO8/c1-4-7-9-11-13-15-17-18-19-20-21-22-23-24-25-26-27-28-29-30-31-32-33-35-36-38-40-48-54-63(76-59-61-50-44-42-45-51-61)57-65(73)71-67-69(79-66(74)55-49-41-39-37-34-16-14-12-10-8-5-2)68(77-60-62-52-46-43-47-53-62)64(58-72)78-70(67)75-56-6-3/h6,42-47,50-53,63-64,67-70,72H,3-5,7-41,48-49,54-60H2,1-2H3,(H,71,73)/t63-,64-,67-,68-,69-,70+/m1/s1. The molecule has 1 heterocycles. The number of esters is 1. The Kier molecular flexibility index (Phi) is 45.0. The molecule has 2 aromatic rings. The van der Waals surface area contributed by atoms with Crippen molar-refractivity contribution < 1.29 is 38.4 Å². The van der Waals surface area contributed by atoms with E-state index in [9.17, 15) is 14.7 Å². The molecular formula is C70H119NO8.